The Hall–Kier alpha value is -1.40. The molecule has 0 saturated carbocycles. The summed E-state index contributed by atoms with van der Waals surface area (Å²) in [7, 11) is 1.11. The Morgan fingerprint density at radius 2 is 1.85 bits per heavy atom. The maximum absolute atomic E-state index is 13.7. The van der Waals surface area contributed by atoms with Crippen LogP contribution in [0.1, 0.15) is 40.5 Å². The average molecular weight is 293 g/mol. The second-order valence-corrected chi connectivity index (χ2v) is 5.98. The maximum Gasteiger partial charge on any atom is 0.411 e. The number of alkyl halides is 2. The fourth-order valence-corrected chi connectivity index (χ4v) is 2.35. The molecule has 0 aromatic heterocycles. The number of carbonyl (C=O) groups excluding carboxylic acids is 2. The van der Waals surface area contributed by atoms with Gasteiger partial charge in [0.2, 0.25) is 0 Å². The van der Waals surface area contributed by atoms with Gasteiger partial charge >= 0.3 is 12.1 Å². The first kappa shape index (κ1) is 16.7. The standard InChI is InChI=1S/C13H21F2NO4/c1-6-12(9(17)19-5)7-13(14,15)8-16(12)10(18)20-11(2,3)4/h6-8H2,1-5H3/t12-/m1/s1. The summed E-state index contributed by atoms with van der Waals surface area (Å²) < 4.78 is 37.1. The van der Waals surface area contributed by atoms with E-state index >= 15 is 0 Å². The van der Waals surface area contributed by atoms with Crippen molar-refractivity contribution in [3.8, 4) is 0 Å². The summed E-state index contributed by atoms with van der Waals surface area (Å²) in [6, 6.07) is 0. The average Bonchev–Trinajstić information content (AvgIpc) is 2.59. The quantitative estimate of drug-likeness (QED) is 0.734. The second kappa shape index (κ2) is 5.18. The molecule has 1 aliphatic heterocycles. The minimum absolute atomic E-state index is 0.0362. The van der Waals surface area contributed by atoms with Gasteiger partial charge in [0.25, 0.3) is 5.92 Å². The Balaban J connectivity index is 3.13. The summed E-state index contributed by atoms with van der Waals surface area (Å²) in [5.41, 5.74) is -2.49. The Bertz CT molecular complexity index is 406. The van der Waals surface area contributed by atoms with E-state index in [1.54, 1.807) is 27.7 Å². The van der Waals surface area contributed by atoms with E-state index < -0.39 is 42.1 Å². The van der Waals surface area contributed by atoms with Crippen molar-refractivity contribution in [1.82, 2.24) is 4.90 Å². The molecule has 7 heteroatoms. The van der Waals surface area contributed by atoms with Crippen molar-refractivity contribution >= 4 is 12.1 Å². The van der Waals surface area contributed by atoms with Crippen molar-refractivity contribution in [3.63, 3.8) is 0 Å². The van der Waals surface area contributed by atoms with Crippen LogP contribution in [0.25, 0.3) is 0 Å². The lowest BCUT2D eigenvalue weighted by Gasteiger charge is -2.35. The smallest absolute Gasteiger partial charge is 0.411 e. The van der Waals surface area contributed by atoms with Gasteiger partial charge in [-0.15, -0.1) is 0 Å². The molecular weight excluding hydrogens is 272 g/mol. The lowest BCUT2D eigenvalue weighted by Crippen LogP contribution is -2.54. The van der Waals surface area contributed by atoms with E-state index in [4.69, 9.17) is 4.74 Å². The molecular formula is C13H21F2NO4. The molecule has 5 nitrogen and oxygen atoms in total. The first-order chi connectivity index (χ1) is 8.97. The van der Waals surface area contributed by atoms with Crippen molar-refractivity contribution < 1.29 is 27.8 Å². The third-order valence-electron chi connectivity index (χ3n) is 3.22. The molecule has 0 aromatic rings. The van der Waals surface area contributed by atoms with Crippen LogP contribution in [-0.2, 0) is 14.3 Å². The number of esters is 1. The number of hydrogen-bond acceptors (Lipinski definition) is 4. The second-order valence-electron chi connectivity index (χ2n) is 5.98. The molecule has 1 atom stereocenters. The van der Waals surface area contributed by atoms with Gasteiger partial charge < -0.3 is 9.47 Å². The normalized spacial score (nSPS) is 25.4. The van der Waals surface area contributed by atoms with Crippen molar-refractivity contribution in [2.24, 2.45) is 0 Å². The number of rotatable bonds is 2. The minimum atomic E-state index is -3.14. The zero-order valence-electron chi connectivity index (χ0n) is 12.5. The van der Waals surface area contributed by atoms with Crippen LogP contribution in [0.5, 0.6) is 0 Å². The third-order valence-corrected chi connectivity index (χ3v) is 3.22. The van der Waals surface area contributed by atoms with Gasteiger partial charge in [0, 0.05) is 6.42 Å². The maximum atomic E-state index is 13.7. The number of hydrogen-bond donors (Lipinski definition) is 0. The van der Waals surface area contributed by atoms with Gasteiger partial charge in [-0.25, -0.2) is 18.4 Å². The molecule has 0 radical (unpaired) electrons. The molecule has 0 aromatic carbocycles. The van der Waals surface area contributed by atoms with Crippen molar-refractivity contribution in [1.29, 1.82) is 0 Å². The van der Waals surface area contributed by atoms with Crippen LogP contribution in [0.3, 0.4) is 0 Å². The van der Waals surface area contributed by atoms with Crippen LogP contribution in [0.15, 0.2) is 0 Å². The molecule has 0 N–H and O–H groups in total. The van der Waals surface area contributed by atoms with Crippen LogP contribution in [0.2, 0.25) is 0 Å². The first-order valence-electron chi connectivity index (χ1n) is 6.44. The molecule has 0 unspecified atom stereocenters. The molecule has 1 rings (SSSR count). The van der Waals surface area contributed by atoms with E-state index in [-0.39, 0.29) is 6.42 Å². The predicted molar refractivity (Wildman–Crippen MR) is 67.5 cm³/mol. The third kappa shape index (κ3) is 3.19. The van der Waals surface area contributed by atoms with Crippen LogP contribution in [-0.4, -0.2) is 47.7 Å². The molecule has 0 aliphatic carbocycles. The van der Waals surface area contributed by atoms with E-state index in [2.05, 4.69) is 4.74 Å². The van der Waals surface area contributed by atoms with Crippen molar-refractivity contribution in [2.75, 3.05) is 13.7 Å². The molecule has 1 fully saturated rings. The van der Waals surface area contributed by atoms with Crippen LogP contribution < -0.4 is 0 Å². The summed E-state index contributed by atoms with van der Waals surface area (Å²) in [6.45, 7) is 5.61. The van der Waals surface area contributed by atoms with E-state index in [0.29, 0.717) is 0 Å². The van der Waals surface area contributed by atoms with E-state index in [0.717, 1.165) is 12.0 Å². The predicted octanol–water partition coefficient (Wildman–Crippen LogP) is 2.58. The van der Waals surface area contributed by atoms with E-state index in [9.17, 15) is 18.4 Å². The SMILES string of the molecule is CC[C@]1(C(=O)OC)CC(F)(F)CN1C(=O)OC(C)(C)C. The van der Waals surface area contributed by atoms with Crippen molar-refractivity contribution in [3.05, 3.63) is 0 Å². The number of likely N-dealkylation sites (tertiary alicyclic amines) is 1. The van der Waals surface area contributed by atoms with Gasteiger partial charge in [0.15, 0.2) is 0 Å². The fraction of sp³-hybridized carbons (Fsp3) is 0.846. The van der Waals surface area contributed by atoms with Gasteiger partial charge in [-0.05, 0) is 27.2 Å². The highest BCUT2D eigenvalue weighted by Crippen LogP contribution is 2.43. The van der Waals surface area contributed by atoms with Gasteiger partial charge in [-0.3, -0.25) is 4.90 Å². The highest BCUT2D eigenvalue weighted by atomic mass is 19.3. The van der Waals surface area contributed by atoms with Gasteiger partial charge in [-0.1, -0.05) is 6.92 Å². The van der Waals surface area contributed by atoms with Crippen LogP contribution in [0, 0.1) is 0 Å². The summed E-state index contributed by atoms with van der Waals surface area (Å²) in [4.78, 5) is 24.8. The Kier molecular flexibility index (Phi) is 4.31. The molecule has 1 heterocycles. The highest BCUT2D eigenvalue weighted by Gasteiger charge is 2.61. The molecule has 1 saturated heterocycles. The first-order valence-corrected chi connectivity index (χ1v) is 6.44. The number of carbonyl (C=O) groups is 2. The van der Waals surface area contributed by atoms with Crippen LogP contribution >= 0.6 is 0 Å². The Labute approximate surface area is 117 Å². The highest BCUT2D eigenvalue weighted by molar-refractivity contribution is 5.87. The number of nitrogens with zero attached hydrogens (tertiary/aromatic N) is 1. The Morgan fingerprint density at radius 1 is 1.30 bits per heavy atom. The summed E-state index contributed by atoms with van der Waals surface area (Å²) in [5.74, 6) is -3.98. The molecule has 1 amide bonds. The number of ether oxygens (including phenoxy) is 2. The monoisotopic (exact) mass is 293 g/mol. The lowest BCUT2D eigenvalue weighted by atomic mass is 9.92. The van der Waals surface area contributed by atoms with Gasteiger partial charge in [0.05, 0.1) is 13.7 Å². The van der Waals surface area contributed by atoms with Crippen LogP contribution in [0.4, 0.5) is 13.6 Å². The number of amides is 1. The molecule has 116 valence electrons. The zero-order valence-corrected chi connectivity index (χ0v) is 12.5. The fourth-order valence-electron chi connectivity index (χ4n) is 2.35. The largest absolute Gasteiger partial charge is 0.467 e. The van der Waals surface area contributed by atoms with E-state index in [1.807, 2.05) is 0 Å². The zero-order chi connectivity index (χ0) is 15.8. The lowest BCUT2D eigenvalue weighted by molar-refractivity contribution is -0.153. The Morgan fingerprint density at radius 3 is 2.25 bits per heavy atom. The molecule has 0 bridgehead atoms. The topological polar surface area (TPSA) is 55.8 Å². The van der Waals surface area contributed by atoms with E-state index in [1.165, 1.54) is 0 Å². The summed E-state index contributed by atoms with van der Waals surface area (Å²) >= 11 is 0. The summed E-state index contributed by atoms with van der Waals surface area (Å²) in [5, 5.41) is 0. The number of halogens is 2. The molecule has 20 heavy (non-hydrogen) atoms. The van der Waals surface area contributed by atoms with Gasteiger partial charge in [-0.2, -0.15) is 0 Å². The minimum Gasteiger partial charge on any atom is -0.467 e. The summed E-state index contributed by atoms with van der Waals surface area (Å²) in [6.07, 6.45) is -1.64. The molecule has 1 aliphatic rings. The number of methoxy groups -OCH3 is 1. The molecule has 0 spiro atoms. The van der Waals surface area contributed by atoms with Crippen molar-refractivity contribution in [2.45, 2.75) is 57.6 Å². The van der Waals surface area contributed by atoms with Gasteiger partial charge in [0.1, 0.15) is 11.1 Å².